The van der Waals surface area contributed by atoms with E-state index in [-0.39, 0.29) is 30.6 Å². The van der Waals surface area contributed by atoms with Crippen LogP contribution in [-0.4, -0.2) is 35.7 Å². The van der Waals surface area contributed by atoms with Crippen LogP contribution in [0.4, 0.5) is 0 Å². The van der Waals surface area contributed by atoms with E-state index in [4.69, 9.17) is 0 Å². The van der Waals surface area contributed by atoms with Crippen molar-refractivity contribution in [1.29, 1.82) is 0 Å². The zero-order valence-corrected chi connectivity index (χ0v) is 17.8. The van der Waals surface area contributed by atoms with Crippen molar-refractivity contribution in [3.05, 3.63) is 16.1 Å². The third kappa shape index (κ3) is 10.1. The maximum absolute atomic E-state index is 9.19. The van der Waals surface area contributed by atoms with E-state index >= 15 is 0 Å². The van der Waals surface area contributed by atoms with Crippen LogP contribution in [0.15, 0.2) is 11.2 Å². The van der Waals surface area contributed by atoms with E-state index in [0.717, 1.165) is 36.9 Å². The summed E-state index contributed by atoms with van der Waals surface area (Å²) >= 11 is 1.68. The summed E-state index contributed by atoms with van der Waals surface area (Å²) in [5.74, 6) is 1.94. The summed E-state index contributed by atoms with van der Waals surface area (Å²) in [6, 6.07) is 0. The van der Waals surface area contributed by atoms with Crippen molar-refractivity contribution in [1.82, 2.24) is 15.6 Å². The SMILES string of the molecule is CCNC(=NCc1cnc(C)s1)NCC(CCO)CC(C)C.I. The van der Waals surface area contributed by atoms with Crippen molar-refractivity contribution in [2.75, 3.05) is 19.7 Å². The van der Waals surface area contributed by atoms with Crippen LogP contribution in [0, 0.1) is 18.8 Å². The maximum Gasteiger partial charge on any atom is 0.191 e. The first-order chi connectivity index (χ1) is 10.5. The molecule has 0 aliphatic carbocycles. The zero-order valence-electron chi connectivity index (χ0n) is 14.6. The number of aliphatic hydroxyl groups excluding tert-OH is 1. The summed E-state index contributed by atoms with van der Waals surface area (Å²) in [5, 5.41) is 16.9. The van der Waals surface area contributed by atoms with Gasteiger partial charge >= 0.3 is 0 Å². The summed E-state index contributed by atoms with van der Waals surface area (Å²) < 4.78 is 0. The number of nitrogens with one attached hydrogen (secondary N) is 2. The van der Waals surface area contributed by atoms with E-state index in [1.807, 2.05) is 13.1 Å². The number of nitrogens with zero attached hydrogens (tertiary/aromatic N) is 2. The van der Waals surface area contributed by atoms with Gasteiger partial charge in [0.05, 0.1) is 11.6 Å². The van der Waals surface area contributed by atoms with Gasteiger partial charge in [0, 0.05) is 30.8 Å². The predicted octanol–water partition coefficient (Wildman–Crippen LogP) is 3.17. The van der Waals surface area contributed by atoms with Crippen LogP contribution in [0.2, 0.25) is 0 Å². The van der Waals surface area contributed by atoms with Crippen molar-refractivity contribution in [2.45, 2.75) is 47.1 Å². The molecule has 0 aromatic carbocycles. The number of thiazole rings is 1. The van der Waals surface area contributed by atoms with Gasteiger partial charge in [-0.15, -0.1) is 35.3 Å². The lowest BCUT2D eigenvalue weighted by Gasteiger charge is -2.20. The molecule has 0 aliphatic rings. The Morgan fingerprint density at radius 2 is 2.13 bits per heavy atom. The molecule has 0 fully saturated rings. The number of halogens is 1. The second-order valence-corrected chi connectivity index (χ2v) is 7.25. The fraction of sp³-hybridized carbons (Fsp3) is 0.750. The minimum atomic E-state index is 0. The average Bonchev–Trinajstić information content (AvgIpc) is 2.87. The van der Waals surface area contributed by atoms with E-state index in [0.29, 0.717) is 18.4 Å². The molecule has 1 heterocycles. The maximum atomic E-state index is 9.19. The van der Waals surface area contributed by atoms with Gasteiger partial charge in [-0.2, -0.15) is 0 Å². The number of aryl methyl sites for hydroxylation is 1. The number of rotatable bonds is 9. The van der Waals surface area contributed by atoms with Crippen molar-refractivity contribution >= 4 is 41.3 Å². The Balaban J connectivity index is 0.00000484. The van der Waals surface area contributed by atoms with E-state index in [1.165, 1.54) is 4.88 Å². The Kier molecular flexibility index (Phi) is 12.7. The smallest absolute Gasteiger partial charge is 0.191 e. The second-order valence-electron chi connectivity index (χ2n) is 5.93. The minimum Gasteiger partial charge on any atom is -0.396 e. The van der Waals surface area contributed by atoms with E-state index in [2.05, 4.69) is 41.4 Å². The van der Waals surface area contributed by atoms with Gasteiger partial charge in [0.1, 0.15) is 0 Å². The van der Waals surface area contributed by atoms with E-state index < -0.39 is 0 Å². The quantitative estimate of drug-likeness (QED) is 0.305. The molecular weight excluding hydrogens is 423 g/mol. The lowest BCUT2D eigenvalue weighted by molar-refractivity contribution is 0.243. The van der Waals surface area contributed by atoms with Crippen molar-refractivity contribution in [3.63, 3.8) is 0 Å². The number of hydrogen-bond acceptors (Lipinski definition) is 4. The van der Waals surface area contributed by atoms with Gasteiger partial charge < -0.3 is 15.7 Å². The molecule has 3 N–H and O–H groups in total. The fourth-order valence-electron chi connectivity index (χ4n) is 2.37. The van der Waals surface area contributed by atoms with Gasteiger partial charge in [-0.3, -0.25) is 0 Å². The van der Waals surface area contributed by atoms with Crippen molar-refractivity contribution < 1.29 is 5.11 Å². The van der Waals surface area contributed by atoms with Crippen LogP contribution in [0.25, 0.3) is 0 Å². The number of guanidine groups is 1. The summed E-state index contributed by atoms with van der Waals surface area (Å²) in [6.45, 7) is 11.1. The summed E-state index contributed by atoms with van der Waals surface area (Å²) in [6.07, 6.45) is 3.83. The molecule has 1 rings (SSSR count). The highest BCUT2D eigenvalue weighted by Crippen LogP contribution is 2.14. The van der Waals surface area contributed by atoms with Crippen molar-refractivity contribution in [3.8, 4) is 0 Å². The zero-order chi connectivity index (χ0) is 16.4. The highest BCUT2D eigenvalue weighted by atomic mass is 127. The molecule has 0 aliphatic heterocycles. The van der Waals surface area contributed by atoms with E-state index in [9.17, 15) is 5.11 Å². The van der Waals surface area contributed by atoms with Gasteiger partial charge in [-0.25, -0.2) is 9.98 Å². The van der Waals surface area contributed by atoms with Crippen molar-refractivity contribution in [2.24, 2.45) is 16.8 Å². The molecular formula is C16H31IN4OS. The molecule has 1 atom stereocenters. The first-order valence-corrected chi connectivity index (χ1v) is 8.91. The first kappa shape index (κ1) is 22.6. The van der Waals surface area contributed by atoms with E-state index in [1.54, 1.807) is 11.3 Å². The predicted molar refractivity (Wildman–Crippen MR) is 110 cm³/mol. The highest BCUT2D eigenvalue weighted by Gasteiger charge is 2.11. The van der Waals surface area contributed by atoms with Gasteiger partial charge in [0.25, 0.3) is 0 Å². The first-order valence-electron chi connectivity index (χ1n) is 8.09. The van der Waals surface area contributed by atoms with Crippen LogP contribution in [0.3, 0.4) is 0 Å². The molecule has 1 aromatic heterocycles. The summed E-state index contributed by atoms with van der Waals surface area (Å²) in [4.78, 5) is 10.0. The van der Waals surface area contributed by atoms with Crippen LogP contribution in [0.5, 0.6) is 0 Å². The molecule has 1 aromatic rings. The Hall–Kier alpha value is -0.410. The molecule has 23 heavy (non-hydrogen) atoms. The Labute approximate surface area is 161 Å². The summed E-state index contributed by atoms with van der Waals surface area (Å²) in [7, 11) is 0. The standard InChI is InChI=1S/C16H30N4OS.HI/c1-5-17-16(20-11-15-10-18-13(4)22-15)19-9-14(6-7-21)8-12(2)3;/h10,12,14,21H,5-9,11H2,1-4H3,(H2,17,19,20);1H. The number of aliphatic hydroxyl groups is 1. The topological polar surface area (TPSA) is 69.5 Å². The Morgan fingerprint density at radius 1 is 1.39 bits per heavy atom. The molecule has 0 saturated heterocycles. The molecule has 1 unspecified atom stereocenters. The molecule has 134 valence electrons. The third-order valence-electron chi connectivity index (χ3n) is 3.31. The largest absolute Gasteiger partial charge is 0.396 e. The molecule has 7 heteroatoms. The van der Waals surface area contributed by atoms with Gasteiger partial charge in [-0.1, -0.05) is 13.8 Å². The number of hydrogen-bond donors (Lipinski definition) is 3. The Bertz CT molecular complexity index is 451. The molecule has 0 spiro atoms. The van der Waals surface area contributed by atoms with Gasteiger partial charge in [0.2, 0.25) is 0 Å². The third-order valence-corrected chi connectivity index (χ3v) is 4.20. The average molecular weight is 454 g/mol. The Morgan fingerprint density at radius 3 is 2.65 bits per heavy atom. The van der Waals surface area contributed by atoms with Gasteiger partial charge in [-0.05, 0) is 38.5 Å². The molecule has 0 amide bonds. The molecule has 0 radical (unpaired) electrons. The monoisotopic (exact) mass is 454 g/mol. The lowest BCUT2D eigenvalue weighted by Crippen LogP contribution is -2.40. The molecule has 0 bridgehead atoms. The number of aromatic nitrogens is 1. The molecule has 0 saturated carbocycles. The second kappa shape index (κ2) is 12.9. The normalized spacial score (nSPS) is 12.9. The van der Waals surface area contributed by atoms with Gasteiger partial charge in [0.15, 0.2) is 5.96 Å². The summed E-state index contributed by atoms with van der Waals surface area (Å²) in [5.41, 5.74) is 0. The minimum absolute atomic E-state index is 0. The van der Waals surface area contributed by atoms with Crippen LogP contribution in [0.1, 0.15) is 43.5 Å². The molecule has 5 nitrogen and oxygen atoms in total. The number of aliphatic imine (C=N–C) groups is 1. The van der Waals surface area contributed by atoms with Crippen LogP contribution < -0.4 is 10.6 Å². The lowest BCUT2D eigenvalue weighted by atomic mass is 9.94. The fourth-order valence-corrected chi connectivity index (χ4v) is 3.09. The highest BCUT2D eigenvalue weighted by molar-refractivity contribution is 14.0. The van der Waals surface area contributed by atoms with Crippen LogP contribution in [-0.2, 0) is 6.54 Å². The van der Waals surface area contributed by atoms with Crippen LogP contribution >= 0.6 is 35.3 Å².